The first kappa shape index (κ1) is 13.1. The van der Waals surface area contributed by atoms with Gasteiger partial charge in [0.2, 0.25) is 0 Å². The number of imide groups is 1. The lowest BCUT2D eigenvalue weighted by Gasteiger charge is -2.14. The van der Waals surface area contributed by atoms with Gasteiger partial charge in [-0.2, -0.15) is 9.69 Å². The Morgan fingerprint density at radius 3 is 2.22 bits per heavy atom. The Bertz CT molecular complexity index is 943. The molecule has 2 aromatic carbocycles. The minimum absolute atomic E-state index is 0.251. The van der Waals surface area contributed by atoms with E-state index in [1.54, 1.807) is 36.4 Å². The quantitative estimate of drug-likeness (QED) is 0.681. The van der Waals surface area contributed by atoms with Crippen LogP contribution in [0.1, 0.15) is 20.7 Å². The molecule has 2 heterocycles. The average molecular weight is 307 g/mol. The Labute approximate surface area is 129 Å². The van der Waals surface area contributed by atoms with Crippen LogP contribution in [0.5, 0.6) is 0 Å². The molecule has 0 spiro atoms. The molecule has 0 aliphatic carbocycles. The lowest BCUT2D eigenvalue weighted by molar-refractivity contribution is 0.0586. The van der Waals surface area contributed by atoms with Crippen molar-refractivity contribution in [3.05, 3.63) is 59.7 Å². The summed E-state index contributed by atoms with van der Waals surface area (Å²) in [4.78, 5) is 36.8. The second kappa shape index (κ2) is 4.73. The number of carbonyl (C=O) groups is 3. The summed E-state index contributed by atoms with van der Waals surface area (Å²) in [6.45, 7) is 0. The summed E-state index contributed by atoms with van der Waals surface area (Å²) in [6, 6.07) is 12.5. The van der Waals surface area contributed by atoms with E-state index in [1.165, 1.54) is 12.1 Å². The van der Waals surface area contributed by atoms with Crippen molar-refractivity contribution in [1.82, 2.24) is 25.4 Å². The van der Waals surface area contributed by atoms with Gasteiger partial charge in [0.15, 0.2) is 0 Å². The van der Waals surface area contributed by atoms with Crippen molar-refractivity contribution < 1.29 is 14.4 Å². The first-order valence-corrected chi connectivity index (χ1v) is 6.76. The first-order valence-electron chi connectivity index (χ1n) is 6.76. The van der Waals surface area contributed by atoms with E-state index in [4.69, 9.17) is 0 Å². The van der Waals surface area contributed by atoms with Crippen molar-refractivity contribution in [1.29, 1.82) is 0 Å². The molecule has 1 aliphatic rings. The first-order chi connectivity index (χ1) is 11.2. The molecule has 1 aliphatic heterocycles. The maximum Gasteiger partial charge on any atom is 0.363 e. The maximum atomic E-state index is 12.3. The molecule has 0 saturated carbocycles. The average Bonchev–Trinajstić information content (AvgIpc) is 3.11. The SMILES string of the molecule is O=C1c2ccccc2C(=O)N1NC(=O)n1nnc2ccccc21. The van der Waals surface area contributed by atoms with Crippen LogP contribution in [0, 0.1) is 0 Å². The van der Waals surface area contributed by atoms with Gasteiger partial charge in [-0.1, -0.05) is 29.5 Å². The molecule has 1 aromatic heterocycles. The molecule has 0 unspecified atom stereocenters. The van der Waals surface area contributed by atoms with Crippen molar-refractivity contribution in [3.63, 3.8) is 0 Å². The van der Waals surface area contributed by atoms with Gasteiger partial charge in [-0.05, 0) is 24.3 Å². The van der Waals surface area contributed by atoms with E-state index >= 15 is 0 Å². The van der Waals surface area contributed by atoms with E-state index in [0.29, 0.717) is 16.0 Å². The predicted molar refractivity (Wildman–Crippen MR) is 78.4 cm³/mol. The summed E-state index contributed by atoms with van der Waals surface area (Å²) in [6.07, 6.45) is 0. The van der Waals surface area contributed by atoms with E-state index in [2.05, 4.69) is 15.7 Å². The maximum absolute atomic E-state index is 12.3. The van der Waals surface area contributed by atoms with Crippen LogP contribution in [0.3, 0.4) is 0 Å². The zero-order valence-electron chi connectivity index (χ0n) is 11.6. The highest BCUT2D eigenvalue weighted by atomic mass is 16.2. The molecule has 1 N–H and O–H groups in total. The summed E-state index contributed by atoms with van der Waals surface area (Å²) in [5.74, 6) is -1.16. The zero-order valence-corrected chi connectivity index (χ0v) is 11.6. The standard InChI is InChI=1S/C15H9N5O3/c21-13-9-5-1-2-6-10(9)14(22)20(13)17-15(23)19-12-8-4-3-7-11(12)16-18-19/h1-8H,(H,17,23). The summed E-state index contributed by atoms with van der Waals surface area (Å²) < 4.78 is 0.999. The number of rotatable bonds is 1. The normalized spacial score (nSPS) is 13.5. The minimum Gasteiger partial charge on any atom is -0.267 e. The van der Waals surface area contributed by atoms with Crippen molar-refractivity contribution in [3.8, 4) is 0 Å². The number of aromatic nitrogens is 3. The van der Waals surface area contributed by atoms with Crippen LogP contribution in [-0.4, -0.2) is 37.8 Å². The van der Waals surface area contributed by atoms with Crippen molar-refractivity contribution in [2.45, 2.75) is 0 Å². The molecule has 112 valence electrons. The Morgan fingerprint density at radius 1 is 0.913 bits per heavy atom. The van der Waals surface area contributed by atoms with E-state index in [0.717, 1.165) is 4.68 Å². The largest absolute Gasteiger partial charge is 0.363 e. The summed E-state index contributed by atoms with van der Waals surface area (Å²) >= 11 is 0. The molecule has 0 bridgehead atoms. The third-order valence-corrected chi connectivity index (χ3v) is 3.55. The van der Waals surface area contributed by atoms with E-state index < -0.39 is 17.8 Å². The van der Waals surface area contributed by atoms with Crippen LogP contribution < -0.4 is 5.43 Å². The van der Waals surface area contributed by atoms with E-state index in [-0.39, 0.29) is 11.1 Å². The second-order valence-electron chi connectivity index (χ2n) is 4.90. The number of nitrogens with one attached hydrogen (secondary N) is 1. The number of hydrogen-bond acceptors (Lipinski definition) is 5. The lowest BCUT2D eigenvalue weighted by atomic mass is 10.1. The molecule has 0 radical (unpaired) electrons. The molecule has 0 atom stereocenters. The molecule has 3 amide bonds. The molecule has 8 nitrogen and oxygen atoms in total. The number of fused-ring (bicyclic) bond motifs is 2. The topological polar surface area (TPSA) is 97.2 Å². The molecule has 23 heavy (non-hydrogen) atoms. The van der Waals surface area contributed by atoms with Crippen LogP contribution >= 0.6 is 0 Å². The molecule has 0 fully saturated rings. The van der Waals surface area contributed by atoms with Crippen LogP contribution in [0.25, 0.3) is 11.0 Å². The molecule has 4 rings (SSSR count). The Morgan fingerprint density at radius 2 is 1.52 bits per heavy atom. The van der Waals surface area contributed by atoms with Gasteiger partial charge in [-0.3, -0.25) is 9.59 Å². The predicted octanol–water partition coefficient (Wildman–Crippen LogP) is 1.20. The van der Waals surface area contributed by atoms with Crippen LogP contribution in [0.15, 0.2) is 48.5 Å². The van der Waals surface area contributed by atoms with Crippen LogP contribution in [0.2, 0.25) is 0 Å². The molecular formula is C15H9N5O3. The number of carbonyl (C=O) groups excluding carboxylic acids is 3. The van der Waals surface area contributed by atoms with Gasteiger partial charge in [0.1, 0.15) is 5.52 Å². The highest BCUT2D eigenvalue weighted by Gasteiger charge is 2.37. The second-order valence-corrected chi connectivity index (χ2v) is 4.90. The van der Waals surface area contributed by atoms with Crippen molar-refractivity contribution >= 4 is 28.9 Å². The zero-order chi connectivity index (χ0) is 16.0. The Balaban J connectivity index is 1.65. The molecule has 8 heteroatoms. The highest BCUT2D eigenvalue weighted by molar-refractivity contribution is 6.21. The summed E-state index contributed by atoms with van der Waals surface area (Å²) in [5, 5.41) is 8.28. The number of nitrogens with zero attached hydrogens (tertiary/aromatic N) is 4. The Kier molecular flexibility index (Phi) is 2.70. The number of hydrazine groups is 1. The lowest BCUT2D eigenvalue weighted by Crippen LogP contribution is -2.47. The minimum atomic E-state index is -0.742. The summed E-state index contributed by atoms with van der Waals surface area (Å²) in [7, 11) is 0. The van der Waals surface area contributed by atoms with Gasteiger partial charge in [-0.15, -0.1) is 5.10 Å². The highest BCUT2D eigenvalue weighted by Crippen LogP contribution is 2.20. The smallest absolute Gasteiger partial charge is 0.267 e. The van der Waals surface area contributed by atoms with Gasteiger partial charge >= 0.3 is 6.03 Å². The number of amides is 3. The van der Waals surface area contributed by atoms with Crippen molar-refractivity contribution in [2.75, 3.05) is 0 Å². The van der Waals surface area contributed by atoms with Gasteiger partial charge in [0.25, 0.3) is 11.8 Å². The molecule has 3 aromatic rings. The fraction of sp³-hybridized carbons (Fsp3) is 0. The third kappa shape index (κ3) is 1.89. The fourth-order valence-corrected chi connectivity index (χ4v) is 2.45. The van der Waals surface area contributed by atoms with Gasteiger partial charge < -0.3 is 0 Å². The van der Waals surface area contributed by atoms with Gasteiger partial charge in [0, 0.05) is 0 Å². The Hall–Kier alpha value is -3.55. The number of benzene rings is 2. The molecule has 0 saturated heterocycles. The third-order valence-electron chi connectivity index (χ3n) is 3.55. The number of hydrogen-bond donors (Lipinski definition) is 1. The van der Waals surface area contributed by atoms with Crippen LogP contribution in [-0.2, 0) is 0 Å². The van der Waals surface area contributed by atoms with Crippen molar-refractivity contribution in [2.24, 2.45) is 0 Å². The summed E-state index contributed by atoms with van der Waals surface area (Å²) in [5.41, 5.74) is 3.78. The van der Waals surface area contributed by atoms with Gasteiger partial charge in [-0.25, -0.2) is 10.2 Å². The molecular weight excluding hydrogens is 298 g/mol. The fourth-order valence-electron chi connectivity index (χ4n) is 2.45. The monoisotopic (exact) mass is 307 g/mol. The van der Waals surface area contributed by atoms with E-state index in [1.807, 2.05) is 0 Å². The van der Waals surface area contributed by atoms with Crippen LogP contribution in [0.4, 0.5) is 4.79 Å². The van der Waals surface area contributed by atoms with Gasteiger partial charge in [0.05, 0.1) is 16.6 Å². The van der Waals surface area contributed by atoms with E-state index in [9.17, 15) is 14.4 Å². The number of para-hydroxylation sites is 1.